The van der Waals surface area contributed by atoms with Crippen molar-refractivity contribution in [3.63, 3.8) is 0 Å². The highest BCUT2D eigenvalue weighted by molar-refractivity contribution is 7.89. The minimum absolute atomic E-state index is 0.247. The smallest absolute Gasteiger partial charge is 0.241 e. The van der Waals surface area contributed by atoms with Gasteiger partial charge in [-0.1, -0.05) is 42.0 Å². The molecule has 1 N–H and O–H groups in total. The van der Waals surface area contributed by atoms with Crippen LogP contribution in [0.5, 0.6) is 5.75 Å². The lowest BCUT2D eigenvalue weighted by Crippen LogP contribution is -2.29. The molecule has 0 saturated heterocycles. The number of benzene rings is 2. The summed E-state index contributed by atoms with van der Waals surface area (Å²) in [5, 5.41) is 0. The van der Waals surface area contributed by atoms with E-state index in [1.807, 2.05) is 44.2 Å². The van der Waals surface area contributed by atoms with Gasteiger partial charge in [0.25, 0.3) is 0 Å². The zero-order valence-electron chi connectivity index (χ0n) is 13.5. The predicted octanol–water partition coefficient (Wildman–Crippen LogP) is 3.68. The van der Waals surface area contributed by atoms with Crippen LogP contribution < -0.4 is 9.46 Å². The van der Waals surface area contributed by atoms with Gasteiger partial charge in [0.15, 0.2) is 0 Å². The molecule has 0 spiro atoms. The van der Waals surface area contributed by atoms with Crippen LogP contribution in [0.2, 0.25) is 0 Å². The Bertz CT molecular complexity index is 783. The minimum Gasteiger partial charge on any atom is -0.497 e. The molecule has 0 heterocycles. The number of methoxy groups -OCH3 is 1. The van der Waals surface area contributed by atoms with Gasteiger partial charge in [0.1, 0.15) is 5.75 Å². The van der Waals surface area contributed by atoms with E-state index >= 15 is 0 Å². The molecule has 2 aromatic carbocycles. The summed E-state index contributed by atoms with van der Waals surface area (Å²) in [4.78, 5) is 0.247. The van der Waals surface area contributed by atoms with Crippen LogP contribution in [-0.4, -0.2) is 15.5 Å². The van der Waals surface area contributed by atoms with Crippen molar-refractivity contribution in [1.82, 2.24) is 4.72 Å². The largest absolute Gasteiger partial charge is 0.497 e. The third-order valence-corrected chi connectivity index (χ3v) is 5.10. The fourth-order valence-electron chi connectivity index (χ4n) is 2.23. The highest BCUT2D eigenvalue weighted by Gasteiger charge is 2.22. The van der Waals surface area contributed by atoms with Crippen molar-refractivity contribution in [2.75, 3.05) is 7.11 Å². The molecule has 0 aliphatic rings. The molecule has 1 unspecified atom stereocenters. The lowest BCUT2D eigenvalue weighted by molar-refractivity contribution is 0.414. The highest BCUT2D eigenvalue weighted by atomic mass is 32.2. The maximum Gasteiger partial charge on any atom is 0.241 e. The van der Waals surface area contributed by atoms with Crippen LogP contribution in [0, 0.1) is 0 Å². The lowest BCUT2D eigenvalue weighted by Gasteiger charge is -2.20. The Balaban J connectivity index is 2.40. The molecular weight excluding hydrogens is 310 g/mol. The highest BCUT2D eigenvalue weighted by Crippen LogP contribution is 2.26. The molecule has 0 bridgehead atoms. The predicted molar refractivity (Wildman–Crippen MR) is 91.9 cm³/mol. The Morgan fingerprint density at radius 2 is 1.83 bits per heavy atom. The van der Waals surface area contributed by atoms with Crippen LogP contribution in [0.15, 0.2) is 71.1 Å². The molecule has 0 fully saturated rings. The molecule has 0 aliphatic heterocycles. The molecule has 1 atom stereocenters. The van der Waals surface area contributed by atoms with Crippen LogP contribution in [0.4, 0.5) is 0 Å². The van der Waals surface area contributed by atoms with Crippen LogP contribution >= 0.6 is 0 Å². The van der Waals surface area contributed by atoms with Crippen LogP contribution in [-0.2, 0) is 10.0 Å². The number of sulfonamides is 1. The quantitative estimate of drug-likeness (QED) is 0.822. The average molecular weight is 331 g/mol. The van der Waals surface area contributed by atoms with Crippen molar-refractivity contribution >= 4 is 10.0 Å². The maximum absolute atomic E-state index is 12.6. The first kappa shape index (κ1) is 17.2. The number of rotatable bonds is 6. The van der Waals surface area contributed by atoms with E-state index in [1.165, 1.54) is 0 Å². The Labute approximate surface area is 137 Å². The molecular formula is C18H21NO3S. The van der Waals surface area contributed by atoms with Crippen molar-refractivity contribution < 1.29 is 13.2 Å². The normalized spacial score (nSPS) is 13.6. The first-order valence-electron chi connectivity index (χ1n) is 7.32. The molecule has 23 heavy (non-hydrogen) atoms. The van der Waals surface area contributed by atoms with Gasteiger partial charge < -0.3 is 4.74 Å². The van der Waals surface area contributed by atoms with Crippen LogP contribution in [0.25, 0.3) is 0 Å². The molecule has 0 radical (unpaired) electrons. The van der Waals surface area contributed by atoms with E-state index in [4.69, 9.17) is 4.74 Å². The number of hydrogen-bond acceptors (Lipinski definition) is 3. The molecule has 4 nitrogen and oxygen atoms in total. The molecule has 122 valence electrons. The maximum atomic E-state index is 12.6. The summed E-state index contributed by atoms with van der Waals surface area (Å²) in [5.74, 6) is 0.690. The van der Waals surface area contributed by atoms with Crippen LogP contribution in [0.3, 0.4) is 0 Å². The number of ether oxygens (including phenoxy) is 1. The van der Waals surface area contributed by atoms with Crippen molar-refractivity contribution in [2.24, 2.45) is 0 Å². The third-order valence-electron chi connectivity index (χ3n) is 3.66. The third kappa shape index (κ3) is 4.21. The topological polar surface area (TPSA) is 55.4 Å². The fraction of sp³-hybridized carbons (Fsp3) is 0.222. The van der Waals surface area contributed by atoms with E-state index < -0.39 is 16.1 Å². The Morgan fingerprint density at radius 3 is 2.43 bits per heavy atom. The Hall–Kier alpha value is -2.11. The summed E-state index contributed by atoms with van der Waals surface area (Å²) in [6.45, 7) is 3.79. The van der Waals surface area contributed by atoms with Gasteiger partial charge in [-0.2, -0.15) is 4.72 Å². The van der Waals surface area contributed by atoms with E-state index in [2.05, 4.69) is 4.72 Å². The minimum atomic E-state index is -3.61. The summed E-state index contributed by atoms with van der Waals surface area (Å²) in [6, 6.07) is 15.3. The second-order valence-electron chi connectivity index (χ2n) is 5.18. The van der Waals surface area contributed by atoms with Gasteiger partial charge >= 0.3 is 0 Å². The monoisotopic (exact) mass is 331 g/mol. The van der Waals surface area contributed by atoms with Gasteiger partial charge in [-0.15, -0.1) is 0 Å². The molecule has 0 saturated carbocycles. The second kappa shape index (κ2) is 7.44. The fourth-order valence-corrected chi connectivity index (χ4v) is 3.52. The molecule has 0 amide bonds. The summed E-state index contributed by atoms with van der Waals surface area (Å²) in [5.41, 5.74) is 1.75. The van der Waals surface area contributed by atoms with Crippen molar-refractivity contribution in [2.45, 2.75) is 24.8 Å². The number of allylic oxidation sites excluding steroid dienone is 1. The number of nitrogens with one attached hydrogen (secondary N) is 1. The van der Waals surface area contributed by atoms with E-state index in [-0.39, 0.29) is 4.90 Å². The standard InChI is InChI=1S/C18H21NO3S/c1-4-14(2)18(15-9-8-10-16(13-15)22-3)19-23(20,21)17-11-6-5-7-12-17/h4-13,18-19H,1-3H3/b14-4+. The Kier molecular flexibility index (Phi) is 5.58. The van der Waals surface area contributed by atoms with Gasteiger partial charge in [0.05, 0.1) is 18.0 Å². The lowest BCUT2D eigenvalue weighted by atomic mass is 10.0. The van der Waals surface area contributed by atoms with Crippen molar-refractivity contribution in [1.29, 1.82) is 0 Å². The van der Waals surface area contributed by atoms with E-state index in [0.717, 1.165) is 11.1 Å². The SMILES string of the molecule is C/C=C(\C)C(NS(=O)(=O)c1ccccc1)c1cccc(OC)c1. The van der Waals surface area contributed by atoms with Gasteiger partial charge in [-0.3, -0.25) is 0 Å². The molecule has 0 aliphatic carbocycles. The summed E-state index contributed by atoms with van der Waals surface area (Å²) in [7, 11) is -2.03. The van der Waals surface area contributed by atoms with Gasteiger partial charge in [0.2, 0.25) is 10.0 Å². The summed E-state index contributed by atoms with van der Waals surface area (Å²) in [6.07, 6.45) is 1.90. The average Bonchev–Trinajstić information content (AvgIpc) is 2.60. The van der Waals surface area contributed by atoms with Crippen LogP contribution in [0.1, 0.15) is 25.5 Å². The van der Waals surface area contributed by atoms with Gasteiger partial charge in [0, 0.05) is 0 Å². The number of hydrogen-bond donors (Lipinski definition) is 1. The first-order chi connectivity index (χ1) is 11.0. The molecule has 5 heteroatoms. The van der Waals surface area contributed by atoms with E-state index in [9.17, 15) is 8.42 Å². The van der Waals surface area contributed by atoms with Crippen molar-refractivity contribution in [3.05, 3.63) is 71.8 Å². The van der Waals surface area contributed by atoms with Gasteiger partial charge in [-0.25, -0.2) is 8.42 Å². The van der Waals surface area contributed by atoms with Gasteiger partial charge in [-0.05, 0) is 43.7 Å². The van der Waals surface area contributed by atoms with E-state index in [1.54, 1.807) is 37.4 Å². The second-order valence-corrected chi connectivity index (χ2v) is 6.89. The van der Waals surface area contributed by atoms with Crippen molar-refractivity contribution in [3.8, 4) is 5.75 Å². The summed E-state index contributed by atoms with van der Waals surface area (Å²) >= 11 is 0. The summed E-state index contributed by atoms with van der Waals surface area (Å²) < 4.78 is 33.3. The Morgan fingerprint density at radius 1 is 1.13 bits per heavy atom. The first-order valence-corrected chi connectivity index (χ1v) is 8.80. The zero-order chi connectivity index (χ0) is 16.9. The van der Waals surface area contributed by atoms with E-state index in [0.29, 0.717) is 5.75 Å². The molecule has 2 aromatic rings. The zero-order valence-corrected chi connectivity index (χ0v) is 14.3. The molecule has 0 aromatic heterocycles. The molecule has 2 rings (SSSR count).